The average molecular weight is 535 g/mol. The van der Waals surface area contributed by atoms with Gasteiger partial charge in [0, 0.05) is 36.7 Å². The summed E-state index contributed by atoms with van der Waals surface area (Å²) >= 11 is 0. The molecule has 4 aliphatic carbocycles. The number of alkyl halides is 1. The van der Waals surface area contributed by atoms with Gasteiger partial charge in [0.2, 0.25) is 5.78 Å². The Balaban J connectivity index is 1.67. The fraction of sp³-hybridized carbons (Fsp3) is 0.724. The lowest BCUT2D eigenvalue weighted by Crippen LogP contribution is -2.68. The van der Waals surface area contributed by atoms with Crippen molar-refractivity contribution in [2.45, 2.75) is 77.0 Å². The molecule has 0 heterocycles. The Morgan fingerprint density at radius 1 is 1.13 bits per heavy atom. The summed E-state index contributed by atoms with van der Waals surface area (Å²) in [5.41, 5.74) is -5.25. The number of esters is 1. The highest BCUT2D eigenvalue weighted by Gasteiger charge is 2.75. The van der Waals surface area contributed by atoms with E-state index in [9.17, 15) is 19.2 Å². The molecule has 0 radical (unpaired) electrons. The summed E-state index contributed by atoms with van der Waals surface area (Å²) in [7, 11) is 1.54. The predicted octanol–water partition coefficient (Wildman–Crippen LogP) is 3.85. The van der Waals surface area contributed by atoms with Gasteiger partial charge >= 0.3 is 5.97 Å². The van der Waals surface area contributed by atoms with E-state index >= 15 is 4.39 Å². The zero-order valence-electron chi connectivity index (χ0n) is 22.8. The summed E-state index contributed by atoms with van der Waals surface area (Å²) < 4.78 is 39.3. The number of ether oxygens (including phenoxy) is 4. The third kappa shape index (κ3) is 4.31. The summed E-state index contributed by atoms with van der Waals surface area (Å²) in [4.78, 5) is 51.8. The minimum Gasteiger partial charge on any atom is -0.458 e. The lowest BCUT2D eigenvalue weighted by Gasteiger charge is -2.60. The zero-order chi connectivity index (χ0) is 27.8. The van der Waals surface area contributed by atoms with Crippen molar-refractivity contribution in [2.75, 3.05) is 33.7 Å². The number of ketones is 3. The molecule has 8 nitrogen and oxygen atoms in total. The molecule has 0 aromatic rings. The lowest BCUT2D eigenvalue weighted by molar-refractivity contribution is -0.215. The molecule has 0 N–H and O–H groups in total. The van der Waals surface area contributed by atoms with Gasteiger partial charge in [-0.05, 0) is 57.1 Å². The van der Waals surface area contributed by atoms with Crippen LogP contribution in [-0.4, -0.2) is 68.3 Å². The van der Waals surface area contributed by atoms with Gasteiger partial charge in [0.25, 0.3) is 0 Å². The number of carbonyl (C=O) groups excluding carboxylic acids is 4. The number of fused-ring (bicyclic) bond motifs is 5. The standard InChI is InChI=1S/C29H39FO8/c1-5-6-25(34)37-17-24(33)28(38-18-36-14-13-35-4)12-10-21-22-8-7-19-15-20(31)9-11-26(19,2)29(22,30)23(32)16-27(21,28)3/h9,11,15,21-22H,5-8,10,12-14,16-18H2,1-4H3/t21-,22-,26-,27-,28-,29-/m0/s1. The quantitative estimate of drug-likeness (QED) is 0.224. The van der Waals surface area contributed by atoms with Crippen LogP contribution in [0.25, 0.3) is 0 Å². The molecular formula is C29H39FO8. The maximum absolute atomic E-state index is 17.3. The van der Waals surface area contributed by atoms with Crippen LogP contribution in [0.3, 0.4) is 0 Å². The third-order valence-corrected chi connectivity index (χ3v) is 9.61. The van der Waals surface area contributed by atoms with E-state index in [1.807, 2.05) is 13.8 Å². The van der Waals surface area contributed by atoms with Crippen molar-refractivity contribution in [3.05, 3.63) is 23.8 Å². The Labute approximate surface area is 223 Å². The molecule has 0 amide bonds. The lowest BCUT2D eigenvalue weighted by atomic mass is 9.45. The number of methoxy groups -OCH3 is 1. The van der Waals surface area contributed by atoms with Crippen LogP contribution in [0.15, 0.2) is 23.8 Å². The number of allylic oxidation sites excluding steroid dienone is 4. The van der Waals surface area contributed by atoms with Crippen LogP contribution in [-0.2, 0) is 38.1 Å². The molecule has 0 aliphatic heterocycles. The molecular weight excluding hydrogens is 495 g/mol. The van der Waals surface area contributed by atoms with E-state index in [1.165, 1.54) is 12.2 Å². The van der Waals surface area contributed by atoms with Crippen LogP contribution in [0.4, 0.5) is 4.39 Å². The SMILES string of the molecule is CCCC(=O)OCC(=O)[C@@]1(OCOCCOC)CC[C@H]2[C@@H]3CCC4=CC(=O)C=C[C@]4(C)[C@@]3(F)C(=O)C[C@@]21C. The molecule has 0 aromatic heterocycles. The van der Waals surface area contributed by atoms with E-state index in [1.54, 1.807) is 20.1 Å². The van der Waals surface area contributed by atoms with Gasteiger partial charge < -0.3 is 18.9 Å². The molecule has 38 heavy (non-hydrogen) atoms. The molecule has 0 aromatic carbocycles. The first-order valence-electron chi connectivity index (χ1n) is 13.6. The molecule has 4 rings (SSSR count). The Hall–Kier alpha value is -2.23. The predicted molar refractivity (Wildman–Crippen MR) is 135 cm³/mol. The van der Waals surface area contributed by atoms with E-state index in [-0.39, 0.29) is 44.4 Å². The Morgan fingerprint density at radius 3 is 2.61 bits per heavy atom. The molecule has 0 bridgehead atoms. The summed E-state index contributed by atoms with van der Waals surface area (Å²) in [5, 5.41) is 0. The zero-order valence-corrected chi connectivity index (χ0v) is 22.8. The molecule has 3 fully saturated rings. The van der Waals surface area contributed by atoms with Gasteiger partial charge in [-0.15, -0.1) is 0 Å². The number of halogens is 1. The minimum atomic E-state index is -2.19. The van der Waals surface area contributed by atoms with Crippen LogP contribution in [0.5, 0.6) is 0 Å². The van der Waals surface area contributed by atoms with Crippen LogP contribution in [0.2, 0.25) is 0 Å². The number of Topliss-reactive ketones (excluding diaryl/α,β-unsaturated/α-hetero) is 2. The van der Waals surface area contributed by atoms with Gasteiger partial charge in [-0.1, -0.05) is 25.5 Å². The monoisotopic (exact) mass is 534 g/mol. The molecule has 0 spiro atoms. The average Bonchev–Trinajstić information content (AvgIpc) is 3.16. The van der Waals surface area contributed by atoms with E-state index in [2.05, 4.69) is 0 Å². The maximum atomic E-state index is 17.3. The van der Waals surface area contributed by atoms with E-state index in [4.69, 9.17) is 18.9 Å². The van der Waals surface area contributed by atoms with Gasteiger partial charge in [0.05, 0.1) is 13.2 Å². The van der Waals surface area contributed by atoms with Crippen LogP contribution >= 0.6 is 0 Å². The fourth-order valence-electron chi connectivity index (χ4n) is 7.58. The largest absolute Gasteiger partial charge is 0.458 e. The molecule has 0 unspecified atom stereocenters. The Kier molecular flexibility index (Phi) is 8.13. The van der Waals surface area contributed by atoms with Crippen LogP contribution < -0.4 is 0 Å². The normalized spacial score (nSPS) is 37.8. The van der Waals surface area contributed by atoms with E-state index in [0.29, 0.717) is 37.9 Å². The van der Waals surface area contributed by atoms with Crippen molar-refractivity contribution in [3.8, 4) is 0 Å². The Bertz CT molecular complexity index is 1050. The molecule has 9 heteroatoms. The third-order valence-electron chi connectivity index (χ3n) is 9.61. The van der Waals surface area contributed by atoms with Crippen molar-refractivity contribution >= 4 is 23.3 Å². The summed E-state index contributed by atoms with van der Waals surface area (Å²) in [5.74, 6) is -2.68. The number of carbonyl (C=O) groups is 4. The maximum Gasteiger partial charge on any atom is 0.306 e. The van der Waals surface area contributed by atoms with Gasteiger partial charge in [-0.25, -0.2) is 4.39 Å². The second-order valence-electron chi connectivity index (χ2n) is 11.5. The van der Waals surface area contributed by atoms with Crippen molar-refractivity contribution in [1.82, 2.24) is 0 Å². The second-order valence-corrected chi connectivity index (χ2v) is 11.5. The molecule has 210 valence electrons. The molecule has 4 aliphatic rings. The van der Waals surface area contributed by atoms with Gasteiger partial charge in [-0.3, -0.25) is 19.2 Å². The molecule has 3 saturated carbocycles. The smallest absolute Gasteiger partial charge is 0.306 e. The first-order chi connectivity index (χ1) is 18.0. The van der Waals surface area contributed by atoms with E-state index < -0.39 is 52.2 Å². The first kappa shape index (κ1) is 28.8. The minimum absolute atomic E-state index is 0.191. The van der Waals surface area contributed by atoms with Crippen LogP contribution in [0.1, 0.15) is 65.7 Å². The van der Waals surface area contributed by atoms with Crippen molar-refractivity contribution in [3.63, 3.8) is 0 Å². The number of rotatable bonds is 11. The highest BCUT2D eigenvalue weighted by molar-refractivity contribution is 6.03. The summed E-state index contributed by atoms with van der Waals surface area (Å²) in [6.45, 7) is 5.28. The molecule has 0 saturated heterocycles. The summed E-state index contributed by atoms with van der Waals surface area (Å²) in [6.07, 6.45) is 6.57. The van der Waals surface area contributed by atoms with Gasteiger partial charge in [0.15, 0.2) is 23.8 Å². The van der Waals surface area contributed by atoms with Crippen molar-refractivity contribution < 1.29 is 42.5 Å². The topological polar surface area (TPSA) is 105 Å². The van der Waals surface area contributed by atoms with Crippen LogP contribution in [0, 0.1) is 22.7 Å². The highest BCUT2D eigenvalue weighted by atomic mass is 19.1. The number of hydrogen-bond donors (Lipinski definition) is 0. The van der Waals surface area contributed by atoms with Gasteiger partial charge in [-0.2, -0.15) is 0 Å². The van der Waals surface area contributed by atoms with Crippen molar-refractivity contribution in [1.29, 1.82) is 0 Å². The van der Waals surface area contributed by atoms with E-state index in [0.717, 1.165) is 0 Å². The first-order valence-corrected chi connectivity index (χ1v) is 13.6. The second kappa shape index (κ2) is 10.7. The number of hydrogen-bond acceptors (Lipinski definition) is 8. The molecule has 6 atom stereocenters. The highest BCUT2D eigenvalue weighted by Crippen LogP contribution is 2.69. The fourth-order valence-corrected chi connectivity index (χ4v) is 7.58. The van der Waals surface area contributed by atoms with Crippen molar-refractivity contribution in [2.24, 2.45) is 22.7 Å². The summed E-state index contributed by atoms with van der Waals surface area (Å²) in [6, 6.07) is 0. The Morgan fingerprint density at radius 2 is 1.89 bits per heavy atom. The van der Waals surface area contributed by atoms with Gasteiger partial charge in [0.1, 0.15) is 12.4 Å².